The zero-order valence-electron chi connectivity index (χ0n) is 18.5. The maximum Gasteiger partial charge on any atom is 0.219 e. The van der Waals surface area contributed by atoms with E-state index < -0.39 is 0 Å². The van der Waals surface area contributed by atoms with Gasteiger partial charge in [-0.3, -0.25) is 4.90 Å². The third-order valence-electron chi connectivity index (χ3n) is 5.52. The molecule has 1 aliphatic heterocycles. The quantitative estimate of drug-likeness (QED) is 0.560. The second kappa shape index (κ2) is 10.0. The summed E-state index contributed by atoms with van der Waals surface area (Å²) in [5.74, 6) is 1.18. The van der Waals surface area contributed by atoms with Crippen LogP contribution < -0.4 is 10.6 Å². The Morgan fingerprint density at radius 3 is 2.58 bits per heavy atom. The summed E-state index contributed by atoms with van der Waals surface area (Å²) in [4.78, 5) is 18.0. The predicted molar refractivity (Wildman–Crippen MR) is 122 cm³/mol. The minimum absolute atomic E-state index is 0.253. The van der Waals surface area contributed by atoms with Crippen LogP contribution in [0.4, 0.5) is 11.8 Å². The van der Waals surface area contributed by atoms with Crippen molar-refractivity contribution in [3.05, 3.63) is 30.4 Å². The average Bonchev–Trinajstić information content (AvgIpc) is 3.20. The normalized spacial score (nSPS) is 14.6. The van der Waals surface area contributed by atoms with Gasteiger partial charge in [-0.05, 0) is 32.0 Å². The van der Waals surface area contributed by atoms with E-state index in [1.54, 1.807) is 12.4 Å². The van der Waals surface area contributed by atoms with Gasteiger partial charge in [0.1, 0.15) is 5.52 Å². The van der Waals surface area contributed by atoms with Crippen molar-refractivity contribution in [2.24, 2.45) is 0 Å². The van der Waals surface area contributed by atoms with Crippen molar-refractivity contribution in [1.29, 1.82) is 0 Å². The Labute approximate surface area is 183 Å². The zero-order valence-corrected chi connectivity index (χ0v) is 18.5. The molecule has 1 saturated heterocycles. The molecule has 3 aromatic rings. The van der Waals surface area contributed by atoms with Crippen molar-refractivity contribution >= 4 is 17.3 Å². The molecule has 166 valence electrons. The van der Waals surface area contributed by atoms with Crippen molar-refractivity contribution < 1.29 is 4.74 Å². The molecule has 0 aliphatic carbocycles. The number of fused-ring (bicyclic) bond motifs is 1. The van der Waals surface area contributed by atoms with E-state index in [0.717, 1.165) is 67.4 Å². The molecule has 0 spiro atoms. The molecule has 3 aromatic heterocycles. The van der Waals surface area contributed by atoms with E-state index in [2.05, 4.69) is 39.7 Å². The summed E-state index contributed by atoms with van der Waals surface area (Å²) in [6.45, 7) is 10.5. The molecule has 1 fully saturated rings. The summed E-state index contributed by atoms with van der Waals surface area (Å²) in [5.41, 5.74) is 9.34. The topological polar surface area (TPSA) is 97.7 Å². The van der Waals surface area contributed by atoms with E-state index in [4.69, 9.17) is 20.6 Å². The first-order valence-corrected chi connectivity index (χ1v) is 11.2. The minimum Gasteiger partial charge on any atom is -0.378 e. The van der Waals surface area contributed by atoms with E-state index in [-0.39, 0.29) is 5.95 Å². The van der Waals surface area contributed by atoms with Crippen molar-refractivity contribution in [3.8, 4) is 11.3 Å². The number of unbranched alkanes of at least 4 members (excludes halogenated alkanes) is 1. The predicted octanol–water partition coefficient (Wildman–Crippen LogP) is 2.62. The largest absolute Gasteiger partial charge is 0.378 e. The van der Waals surface area contributed by atoms with Gasteiger partial charge in [0.2, 0.25) is 5.95 Å². The molecule has 9 heteroatoms. The van der Waals surface area contributed by atoms with Gasteiger partial charge in [0, 0.05) is 37.6 Å². The molecule has 0 unspecified atom stereocenters. The van der Waals surface area contributed by atoms with Crippen molar-refractivity contribution in [2.75, 3.05) is 50.0 Å². The fourth-order valence-electron chi connectivity index (χ4n) is 3.92. The molecule has 0 aromatic carbocycles. The number of anilines is 2. The molecule has 0 saturated carbocycles. The highest BCUT2D eigenvalue weighted by Crippen LogP contribution is 2.26. The Kier molecular flexibility index (Phi) is 6.93. The lowest BCUT2D eigenvalue weighted by Gasteiger charge is -2.28. The van der Waals surface area contributed by atoms with E-state index in [1.165, 1.54) is 12.8 Å². The van der Waals surface area contributed by atoms with Crippen LogP contribution in [0.25, 0.3) is 16.8 Å². The molecule has 4 rings (SSSR count). The number of nitrogen functional groups attached to an aromatic ring is 1. The monoisotopic (exact) mass is 424 g/mol. The summed E-state index contributed by atoms with van der Waals surface area (Å²) in [6, 6.07) is 2.18. The molecule has 4 heterocycles. The fraction of sp³-hybridized carbons (Fsp3) is 0.545. The lowest BCUT2D eigenvalue weighted by atomic mass is 10.2. The summed E-state index contributed by atoms with van der Waals surface area (Å²) in [6.07, 6.45) is 8.90. The van der Waals surface area contributed by atoms with E-state index in [1.807, 2.05) is 10.7 Å². The number of hydrogen-bond acceptors (Lipinski definition) is 8. The molecular formula is C22H32N8O. The van der Waals surface area contributed by atoms with Crippen molar-refractivity contribution in [2.45, 2.75) is 39.7 Å². The molecule has 9 nitrogen and oxygen atoms in total. The van der Waals surface area contributed by atoms with Gasteiger partial charge in [0.15, 0.2) is 5.82 Å². The SMILES string of the molecule is CCCCN(CCC)Cc1cc2c(N3CCOCC3)nc(-c3cnc(N)nc3)cn2n1. The number of hydrogen-bond donors (Lipinski definition) is 1. The average molecular weight is 425 g/mol. The number of nitrogens with two attached hydrogens (primary N) is 1. The Bertz CT molecular complexity index is 981. The van der Waals surface area contributed by atoms with E-state index in [0.29, 0.717) is 13.2 Å². The van der Waals surface area contributed by atoms with Crippen molar-refractivity contribution in [3.63, 3.8) is 0 Å². The van der Waals surface area contributed by atoms with Gasteiger partial charge in [0.25, 0.3) is 0 Å². The summed E-state index contributed by atoms with van der Waals surface area (Å²) >= 11 is 0. The molecular weight excluding hydrogens is 392 g/mol. The van der Waals surface area contributed by atoms with E-state index >= 15 is 0 Å². The van der Waals surface area contributed by atoms with Crippen LogP contribution in [0, 0.1) is 0 Å². The summed E-state index contributed by atoms with van der Waals surface area (Å²) in [5, 5.41) is 4.91. The van der Waals surface area contributed by atoms with Gasteiger partial charge in [0.05, 0.1) is 30.8 Å². The Hall–Kier alpha value is -2.78. The number of ether oxygens (including phenoxy) is 1. The van der Waals surface area contributed by atoms with Gasteiger partial charge in [-0.15, -0.1) is 0 Å². The molecule has 1 aliphatic rings. The van der Waals surface area contributed by atoms with Gasteiger partial charge in [-0.1, -0.05) is 20.3 Å². The Morgan fingerprint density at radius 2 is 1.87 bits per heavy atom. The first-order chi connectivity index (χ1) is 15.2. The highest BCUT2D eigenvalue weighted by Gasteiger charge is 2.20. The lowest BCUT2D eigenvalue weighted by Crippen LogP contribution is -2.37. The second-order valence-corrected chi connectivity index (χ2v) is 7.97. The zero-order chi connectivity index (χ0) is 21.6. The molecule has 0 bridgehead atoms. The van der Waals surface area contributed by atoms with Crippen LogP contribution in [0.2, 0.25) is 0 Å². The van der Waals surface area contributed by atoms with Gasteiger partial charge in [-0.25, -0.2) is 19.5 Å². The number of morpholine rings is 1. The van der Waals surface area contributed by atoms with Crippen LogP contribution in [0.5, 0.6) is 0 Å². The minimum atomic E-state index is 0.253. The van der Waals surface area contributed by atoms with Crippen LogP contribution >= 0.6 is 0 Å². The molecule has 0 radical (unpaired) electrons. The highest BCUT2D eigenvalue weighted by atomic mass is 16.5. The fourth-order valence-corrected chi connectivity index (χ4v) is 3.92. The third kappa shape index (κ3) is 5.11. The van der Waals surface area contributed by atoms with E-state index in [9.17, 15) is 0 Å². The van der Waals surface area contributed by atoms with Crippen LogP contribution in [0.1, 0.15) is 38.8 Å². The van der Waals surface area contributed by atoms with Crippen LogP contribution in [0.15, 0.2) is 24.7 Å². The lowest BCUT2D eigenvalue weighted by molar-refractivity contribution is 0.122. The maximum atomic E-state index is 5.66. The smallest absolute Gasteiger partial charge is 0.219 e. The first kappa shape index (κ1) is 21.5. The number of rotatable bonds is 9. The molecule has 0 amide bonds. The van der Waals surface area contributed by atoms with Gasteiger partial charge < -0.3 is 15.4 Å². The third-order valence-corrected chi connectivity index (χ3v) is 5.52. The van der Waals surface area contributed by atoms with Crippen LogP contribution in [-0.2, 0) is 11.3 Å². The van der Waals surface area contributed by atoms with Gasteiger partial charge in [-0.2, -0.15) is 5.10 Å². The molecule has 31 heavy (non-hydrogen) atoms. The molecule has 2 N–H and O–H groups in total. The highest BCUT2D eigenvalue weighted by molar-refractivity contribution is 5.73. The summed E-state index contributed by atoms with van der Waals surface area (Å²) < 4.78 is 7.50. The maximum absolute atomic E-state index is 5.66. The van der Waals surface area contributed by atoms with Crippen molar-refractivity contribution in [1.82, 2.24) is 29.5 Å². The number of aromatic nitrogens is 5. The van der Waals surface area contributed by atoms with Gasteiger partial charge >= 0.3 is 0 Å². The summed E-state index contributed by atoms with van der Waals surface area (Å²) in [7, 11) is 0. The Balaban J connectivity index is 1.71. The standard InChI is InChI=1S/C22H32N8O/c1-3-5-7-28(6-4-2)15-18-12-20-21(29-8-10-31-11-9-29)26-19(16-30(20)27-18)17-13-24-22(23)25-14-17/h12-14,16H,3-11,15H2,1-2H3,(H2,23,24,25). The molecule has 0 atom stereocenters. The van der Waals surface area contributed by atoms with Crippen LogP contribution in [-0.4, -0.2) is 68.9 Å². The first-order valence-electron chi connectivity index (χ1n) is 11.2. The Morgan fingerprint density at radius 1 is 1.10 bits per heavy atom. The second-order valence-electron chi connectivity index (χ2n) is 7.97. The number of nitrogens with zero attached hydrogens (tertiary/aromatic N) is 7. The van der Waals surface area contributed by atoms with Crippen LogP contribution in [0.3, 0.4) is 0 Å².